The summed E-state index contributed by atoms with van der Waals surface area (Å²) in [7, 11) is 1.92. The van der Waals surface area contributed by atoms with Crippen molar-refractivity contribution in [3.63, 3.8) is 0 Å². The van der Waals surface area contributed by atoms with Crippen LogP contribution in [0.2, 0.25) is 0 Å². The molecule has 1 N–H and O–H groups in total. The summed E-state index contributed by atoms with van der Waals surface area (Å²) in [6.45, 7) is 0.737. The number of nitrogens with zero attached hydrogens (tertiary/aromatic N) is 1. The Labute approximate surface area is 90.3 Å². The molecule has 3 atom stereocenters. The summed E-state index contributed by atoms with van der Waals surface area (Å²) >= 11 is 0. The molecule has 3 rings (SSSR count). The SMILES string of the molecule is CNCc1ncc(C2CC3CCC2C3)o1. The molecular weight excluding hydrogens is 188 g/mol. The lowest BCUT2D eigenvalue weighted by atomic mass is 9.87. The summed E-state index contributed by atoms with van der Waals surface area (Å²) in [6, 6.07) is 0. The second kappa shape index (κ2) is 3.63. The first-order valence-electron chi connectivity index (χ1n) is 5.96. The van der Waals surface area contributed by atoms with Gasteiger partial charge in [0.05, 0.1) is 12.7 Å². The molecule has 0 aromatic carbocycles. The highest BCUT2D eigenvalue weighted by molar-refractivity contribution is 5.10. The van der Waals surface area contributed by atoms with E-state index in [1.807, 2.05) is 13.2 Å². The standard InChI is InChI=1S/C12H18N2O/c1-13-7-12-14-6-11(15-12)10-5-8-2-3-9(10)4-8/h6,8-10,13H,2-5,7H2,1H3. The third kappa shape index (κ3) is 1.59. The van der Waals surface area contributed by atoms with Gasteiger partial charge in [-0.2, -0.15) is 0 Å². The molecule has 82 valence electrons. The molecule has 0 radical (unpaired) electrons. The van der Waals surface area contributed by atoms with E-state index < -0.39 is 0 Å². The van der Waals surface area contributed by atoms with Gasteiger partial charge in [-0.05, 0) is 38.1 Å². The van der Waals surface area contributed by atoms with E-state index in [1.165, 1.54) is 25.7 Å². The fourth-order valence-corrected chi connectivity index (χ4v) is 3.32. The minimum absolute atomic E-state index is 0.668. The van der Waals surface area contributed by atoms with Gasteiger partial charge in [0.25, 0.3) is 0 Å². The second-order valence-electron chi connectivity index (χ2n) is 4.97. The van der Waals surface area contributed by atoms with Crippen molar-refractivity contribution in [2.45, 2.75) is 38.1 Å². The number of oxazole rings is 1. The molecule has 2 bridgehead atoms. The predicted octanol–water partition coefficient (Wildman–Crippen LogP) is 2.30. The molecule has 0 spiro atoms. The quantitative estimate of drug-likeness (QED) is 0.824. The molecule has 0 amide bonds. The van der Waals surface area contributed by atoms with Crippen molar-refractivity contribution in [1.82, 2.24) is 10.3 Å². The van der Waals surface area contributed by atoms with Crippen molar-refractivity contribution >= 4 is 0 Å². The normalized spacial score (nSPS) is 33.8. The fourth-order valence-electron chi connectivity index (χ4n) is 3.32. The maximum atomic E-state index is 5.79. The average molecular weight is 206 g/mol. The number of rotatable bonds is 3. The van der Waals surface area contributed by atoms with Gasteiger partial charge in [-0.25, -0.2) is 4.98 Å². The van der Waals surface area contributed by atoms with Crippen molar-refractivity contribution in [2.24, 2.45) is 11.8 Å². The largest absolute Gasteiger partial charge is 0.444 e. The molecule has 1 heterocycles. The van der Waals surface area contributed by atoms with E-state index in [9.17, 15) is 0 Å². The minimum atomic E-state index is 0.668. The number of nitrogens with one attached hydrogen (secondary N) is 1. The van der Waals surface area contributed by atoms with E-state index in [2.05, 4.69) is 10.3 Å². The zero-order valence-corrected chi connectivity index (χ0v) is 9.20. The van der Waals surface area contributed by atoms with E-state index in [0.29, 0.717) is 5.92 Å². The molecule has 2 aliphatic rings. The molecule has 3 unspecified atom stereocenters. The van der Waals surface area contributed by atoms with Gasteiger partial charge in [-0.3, -0.25) is 0 Å². The van der Waals surface area contributed by atoms with E-state index in [-0.39, 0.29) is 0 Å². The van der Waals surface area contributed by atoms with Gasteiger partial charge in [-0.1, -0.05) is 6.42 Å². The topological polar surface area (TPSA) is 38.1 Å². The second-order valence-corrected chi connectivity index (χ2v) is 4.97. The van der Waals surface area contributed by atoms with Gasteiger partial charge < -0.3 is 9.73 Å². The van der Waals surface area contributed by atoms with Crippen LogP contribution < -0.4 is 5.32 Å². The first kappa shape index (κ1) is 9.40. The Kier molecular flexibility index (Phi) is 2.28. The lowest BCUT2D eigenvalue weighted by molar-refractivity contribution is 0.342. The van der Waals surface area contributed by atoms with Gasteiger partial charge >= 0.3 is 0 Å². The minimum Gasteiger partial charge on any atom is -0.444 e. The summed E-state index contributed by atoms with van der Waals surface area (Å²) in [5, 5.41) is 3.07. The first-order chi connectivity index (χ1) is 7.36. The van der Waals surface area contributed by atoms with Crippen LogP contribution >= 0.6 is 0 Å². The number of fused-ring (bicyclic) bond motifs is 2. The van der Waals surface area contributed by atoms with Gasteiger partial charge in [0, 0.05) is 5.92 Å². The number of hydrogen-bond acceptors (Lipinski definition) is 3. The molecular formula is C12H18N2O. The fraction of sp³-hybridized carbons (Fsp3) is 0.750. The highest BCUT2D eigenvalue weighted by atomic mass is 16.4. The summed E-state index contributed by atoms with van der Waals surface area (Å²) in [5.74, 6) is 4.48. The Morgan fingerprint density at radius 1 is 1.47 bits per heavy atom. The monoisotopic (exact) mass is 206 g/mol. The van der Waals surface area contributed by atoms with Gasteiger partial charge in [0.15, 0.2) is 0 Å². The lowest BCUT2D eigenvalue weighted by Crippen LogP contribution is -2.07. The van der Waals surface area contributed by atoms with E-state index in [1.54, 1.807) is 0 Å². The van der Waals surface area contributed by atoms with Crippen molar-refractivity contribution in [3.8, 4) is 0 Å². The van der Waals surface area contributed by atoms with Crippen LogP contribution in [0.15, 0.2) is 10.6 Å². The average Bonchev–Trinajstić information content (AvgIpc) is 2.91. The first-order valence-corrected chi connectivity index (χ1v) is 5.96. The Bertz CT molecular complexity index is 347. The van der Waals surface area contributed by atoms with Crippen LogP contribution in [0.1, 0.15) is 43.3 Å². The van der Waals surface area contributed by atoms with E-state index in [0.717, 1.165) is 30.0 Å². The van der Waals surface area contributed by atoms with Crippen molar-refractivity contribution in [3.05, 3.63) is 17.8 Å². The van der Waals surface area contributed by atoms with Crippen LogP contribution in [0.4, 0.5) is 0 Å². The smallest absolute Gasteiger partial charge is 0.208 e. The zero-order valence-electron chi connectivity index (χ0n) is 9.20. The van der Waals surface area contributed by atoms with E-state index >= 15 is 0 Å². The molecule has 2 saturated carbocycles. The maximum absolute atomic E-state index is 5.79. The molecule has 0 aliphatic heterocycles. The molecule has 15 heavy (non-hydrogen) atoms. The van der Waals surface area contributed by atoms with Crippen LogP contribution in [0, 0.1) is 11.8 Å². The molecule has 3 nitrogen and oxygen atoms in total. The number of aromatic nitrogens is 1. The third-order valence-electron chi connectivity index (χ3n) is 4.00. The Balaban J connectivity index is 1.75. The van der Waals surface area contributed by atoms with Crippen LogP contribution in [0.3, 0.4) is 0 Å². The van der Waals surface area contributed by atoms with Crippen LogP contribution in [-0.4, -0.2) is 12.0 Å². The molecule has 1 aromatic rings. The van der Waals surface area contributed by atoms with Crippen molar-refractivity contribution in [1.29, 1.82) is 0 Å². The highest BCUT2D eigenvalue weighted by Crippen LogP contribution is 2.52. The predicted molar refractivity (Wildman–Crippen MR) is 57.5 cm³/mol. The van der Waals surface area contributed by atoms with Gasteiger partial charge in [0.1, 0.15) is 5.76 Å². The van der Waals surface area contributed by atoms with Gasteiger partial charge in [-0.15, -0.1) is 0 Å². The Morgan fingerprint density at radius 3 is 3.07 bits per heavy atom. The third-order valence-corrected chi connectivity index (χ3v) is 4.00. The molecule has 1 aromatic heterocycles. The lowest BCUT2D eigenvalue weighted by Gasteiger charge is -2.18. The van der Waals surface area contributed by atoms with Crippen LogP contribution in [0.5, 0.6) is 0 Å². The van der Waals surface area contributed by atoms with Gasteiger partial charge in [0.2, 0.25) is 5.89 Å². The molecule has 3 heteroatoms. The summed E-state index contributed by atoms with van der Waals surface area (Å²) in [6.07, 6.45) is 7.54. The zero-order chi connectivity index (χ0) is 10.3. The Hall–Kier alpha value is -0.830. The summed E-state index contributed by atoms with van der Waals surface area (Å²) in [5.41, 5.74) is 0. The van der Waals surface area contributed by atoms with Crippen LogP contribution in [-0.2, 0) is 6.54 Å². The van der Waals surface area contributed by atoms with Crippen LogP contribution in [0.25, 0.3) is 0 Å². The van der Waals surface area contributed by atoms with Crippen molar-refractivity contribution in [2.75, 3.05) is 7.05 Å². The van der Waals surface area contributed by atoms with E-state index in [4.69, 9.17) is 4.42 Å². The highest BCUT2D eigenvalue weighted by Gasteiger charge is 2.41. The number of hydrogen-bond donors (Lipinski definition) is 1. The van der Waals surface area contributed by atoms with Crippen molar-refractivity contribution < 1.29 is 4.42 Å². The molecule has 0 saturated heterocycles. The molecule has 2 aliphatic carbocycles. The maximum Gasteiger partial charge on any atom is 0.208 e. The molecule has 2 fully saturated rings. The Morgan fingerprint density at radius 2 is 2.40 bits per heavy atom. The summed E-state index contributed by atoms with van der Waals surface area (Å²) in [4.78, 5) is 4.30. The summed E-state index contributed by atoms with van der Waals surface area (Å²) < 4.78 is 5.79.